The van der Waals surface area contributed by atoms with E-state index in [1.54, 1.807) is 0 Å². The molecule has 1 atom stereocenters. The molecule has 0 bridgehead atoms. The quantitative estimate of drug-likeness (QED) is 0.711. The zero-order chi connectivity index (χ0) is 12.8. The highest BCUT2D eigenvalue weighted by atomic mass is 16.2. The molecule has 1 amide bonds. The van der Waals surface area contributed by atoms with Crippen LogP contribution in [0.25, 0.3) is 0 Å². The number of piperidine rings is 1. The number of rotatable bonds is 7. The highest BCUT2D eigenvalue weighted by Crippen LogP contribution is 2.28. The molecule has 2 rings (SSSR count). The second kappa shape index (κ2) is 7.10. The van der Waals surface area contributed by atoms with Crippen molar-refractivity contribution in [3.63, 3.8) is 0 Å². The lowest BCUT2D eigenvalue weighted by Gasteiger charge is -2.29. The maximum Gasteiger partial charge on any atom is 0.234 e. The maximum absolute atomic E-state index is 11.8. The molecule has 1 aliphatic carbocycles. The second-order valence-electron chi connectivity index (χ2n) is 5.72. The van der Waals surface area contributed by atoms with Gasteiger partial charge in [0.2, 0.25) is 5.91 Å². The molecule has 0 spiro atoms. The first-order chi connectivity index (χ1) is 8.79. The van der Waals surface area contributed by atoms with Gasteiger partial charge in [-0.25, -0.2) is 0 Å². The molecule has 1 aliphatic heterocycles. The minimum absolute atomic E-state index is 0.201. The third-order valence-corrected chi connectivity index (χ3v) is 3.87. The Morgan fingerprint density at radius 3 is 2.83 bits per heavy atom. The molecule has 1 heterocycles. The van der Waals surface area contributed by atoms with Gasteiger partial charge in [-0.05, 0) is 51.1 Å². The van der Waals surface area contributed by atoms with Crippen LogP contribution in [0.1, 0.15) is 39.0 Å². The summed E-state index contributed by atoms with van der Waals surface area (Å²) in [7, 11) is 0. The van der Waals surface area contributed by atoms with Gasteiger partial charge in [-0.3, -0.25) is 9.69 Å². The Bertz CT molecular complexity index is 260. The largest absolute Gasteiger partial charge is 0.355 e. The minimum atomic E-state index is 0.201. The van der Waals surface area contributed by atoms with E-state index in [9.17, 15) is 4.79 Å². The molecule has 0 aromatic rings. The van der Waals surface area contributed by atoms with Gasteiger partial charge in [0.1, 0.15) is 0 Å². The van der Waals surface area contributed by atoms with Crippen molar-refractivity contribution in [1.29, 1.82) is 0 Å². The van der Waals surface area contributed by atoms with Gasteiger partial charge < -0.3 is 10.6 Å². The van der Waals surface area contributed by atoms with Crippen LogP contribution in [0.4, 0.5) is 0 Å². The SMILES string of the molecule is CCCNC(=O)CN(CC1CCCNC1)C1CC1. The minimum Gasteiger partial charge on any atom is -0.355 e. The van der Waals surface area contributed by atoms with E-state index >= 15 is 0 Å². The van der Waals surface area contributed by atoms with E-state index in [4.69, 9.17) is 0 Å². The summed E-state index contributed by atoms with van der Waals surface area (Å²) < 4.78 is 0. The van der Waals surface area contributed by atoms with Crippen LogP contribution < -0.4 is 10.6 Å². The van der Waals surface area contributed by atoms with Crippen molar-refractivity contribution >= 4 is 5.91 Å². The zero-order valence-corrected chi connectivity index (χ0v) is 11.6. The Hall–Kier alpha value is -0.610. The van der Waals surface area contributed by atoms with Gasteiger partial charge in [-0.2, -0.15) is 0 Å². The molecule has 1 saturated carbocycles. The number of nitrogens with one attached hydrogen (secondary N) is 2. The van der Waals surface area contributed by atoms with Gasteiger partial charge in [-0.15, -0.1) is 0 Å². The Labute approximate surface area is 110 Å². The van der Waals surface area contributed by atoms with E-state index in [1.165, 1.54) is 25.7 Å². The van der Waals surface area contributed by atoms with Crippen LogP contribution in [0.15, 0.2) is 0 Å². The smallest absolute Gasteiger partial charge is 0.234 e. The van der Waals surface area contributed by atoms with Crippen LogP contribution in [-0.2, 0) is 4.79 Å². The van der Waals surface area contributed by atoms with Crippen molar-refractivity contribution in [2.45, 2.75) is 45.1 Å². The fraction of sp³-hybridized carbons (Fsp3) is 0.929. The van der Waals surface area contributed by atoms with Crippen molar-refractivity contribution in [2.24, 2.45) is 5.92 Å². The molecule has 0 aromatic heterocycles. The standard InChI is InChI=1S/C14H27N3O/c1-2-7-16-14(18)11-17(13-5-6-13)10-12-4-3-8-15-9-12/h12-13,15H,2-11H2,1H3,(H,16,18). The fourth-order valence-electron chi connectivity index (χ4n) is 2.70. The molecule has 0 aromatic carbocycles. The third-order valence-electron chi connectivity index (χ3n) is 3.87. The topological polar surface area (TPSA) is 44.4 Å². The molecule has 0 radical (unpaired) electrons. The predicted molar refractivity (Wildman–Crippen MR) is 73.5 cm³/mol. The molecule has 4 nitrogen and oxygen atoms in total. The zero-order valence-electron chi connectivity index (χ0n) is 11.6. The predicted octanol–water partition coefficient (Wildman–Crippen LogP) is 0.977. The molecule has 2 aliphatic rings. The van der Waals surface area contributed by atoms with E-state index in [2.05, 4.69) is 22.5 Å². The van der Waals surface area contributed by atoms with Gasteiger partial charge in [0.15, 0.2) is 0 Å². The molecular formula is C14H27N3O. The molecular weight excluding hydrogens is 226 g/mol. The summed E-state index contributed by atoms with van der Waals surface area (Å²) in [6, 6.07) is 0.680. The van der Waals surface area contributed by atoms with Crippen molar-refractivity contribution in [3.8, 4) is 0 Å². The highest BCUT2D eigenvalue weighted by molar-refractivity contribution is 5.78. The highest BCUT2D eigenvalue weighted by Gasteiger charge is 2.31. The van der Waals surface area contributed by atoms with Gasteiger partial charge in [-0.1, -0.05) is 6.92 Å². The number of hydrogen-bond donors (Lipinski definition) is 2. The van der Waals surface area contributed by atoms with Crippen LogP contribution in [0.3, 0.4) is 0 Å². The molecule has 1 unspecified atom stereocenters. The van der Waals surface area contributed by atoms with Crippen molar-refractivity contribution in [1.82, 2.24) is 15.5 Å². The summed E-state index contributed by atoms with van der Waals surface area (Å²) in [5, 5.41) is 6.45. The first-order valence-corrected chi connectivity index (χ1v) is 7.51. The average Bonchev–Trinajstić information content (AvgIpc) is 3.21. The summed E-state index contributed by atoms with van der Waals surface area (Å²) in [6.07, 6.45) is 6.17. The van der Waals surface area contributed by atoms with E-state index in [-0.39, 0.29) is 5.91 Å². The fourth-order valence-corrected chi connectivity index (χ4v) is 2.70. The lowest BCUT2D eigenvalue weighted by atomic mass is 9.99. The lowest BCUT2D eigenvalue weighted by molar-refractivity contribution is -0.122. The molecule has 104 valence electrons. The summed E-state index contributed by atoms with van der Waals surface area (Å²) in [4.78, 5) is 14.2. The van der Waals surface area contributed by atoms with Crippen LogP contribution >= 0.6 is 0 Å². The van der Waals surface area contributed by atoms with Gasteiger partial charge >= 0.3 is 0 Å². The Balaban J connectivity index is 1.74. The number of nitrogens with zero attached hydrogens (tertiary/aromatic N) is 1. The Morgan fingerprint density at radius 1 is 1.39 bits per heavy atom. The normalized spacial score (nSPS) is 24.2. The summed E-state index contributed by atoms with van der Waals surface area (Å²) >= 11 is 0. The third kappa shape index (κ3) is 4.58. The monoisotopic (exact) mass is 253 g/mol. The second-order valence-corrected chi connectivity index (χ2v) is 5.72. The number of carbonyl (C=O) groups excluding carboxylic acids is 1. The number of carbonyl (C=O) groups is 1. The van der Waals surface area contributed by atoms with E-state index in [1.807, 2.05) is 0 Å². The van der Waals surface area contributed by atoms with Gasteiger partial charge in [0.05, 0.1) is 6.54 Å². The van der Waals surface area contributed by atoms with Crippen LogP contribution in [0.2, 0.25) is 0 Å². The van der Waals surface area contributed by atoms with Crippen molar-refractivity contribution in [2.75, 3.05) is 32.7 Å². The average molecular weight is 253 g/mol. The van der Waals surface area contributed by atoms with E-state index in [0.29, 0.717) is 12.6 Å². The number of hydrogen-bond acceptors (Lipinski definition) is 3. The summed E-state index contributed by atoms with van der Waals surface area (Å²) in [5.41, 5.74) is 0. The summed E-state index contributed by atoms with van der Waals surface area (Å²) in [5.74, 6) is 0.936. The van der Waals surface area contributed by atoms with Crippen LogP contribution in [-0.4, -0.2) is 49.6 Å². The lowest BCUT2D eigenvalue weighted by Crippen LogP contribution is -2.44. The molecule has 18 heavy (non-hydrogen) atoms. The molecule has 1 saturated heterocycles. The molecule has 2 fully saturated rings. The van der Waals surface area contributed by atoms with Crippen molar-refractivity contribution < 1.29 is 4.79 Å². The Kier molecular flexibility index (Phi) is 5.45. The maximum atomic E-state index is 11.8. The van der Waals surface area contributed by atoms with Gasteiger partial charge in [0.25, 0.3) is 0 Å². The Morgan fingerprint density at radius 2 is 2.22 bits per heavy atom. The first-order valence-electron chi connectivity index (χ1n) is 7.51. The number of amides is 1. The van der Waals surface area contributed by atoms with Crippen molar-refractivity contribution in [3.05, 3.63) is 0 Å². The first kappa shape index (κ1) is 13.8. The molecule has 2 N–H and O–H groups in total. The molecule has 4 heteroatoms. The van der Waals surface area contributed by atoms with Crippen LogP contribution in [0.5, 0.6) is 0 Å². The van der Waals surface area contributed by atoms with E-state index in [0.717, 1.165) is 38.5 Å². The summed E-state index contributed by atoms with van der Waals surface area (Å²) in [6.45, 7) is 6.88. The van der Waals surface area contributed by atoms with Gasteiger partial charge in [0, 0.05) is 19.1 Å². The van der Waals surface area contributed by atoms with E-state index < -0.39 is 0 Å². The van der Waals surface area contributed by atoms with Crippen LogP contribution in [0, 0.1) is 5.92 Å².